The Kier molecular flexibility index (Phi) is 8.22. The van der Waals surface area contributed by atoms with Crippen molar-refractivity contribution in [1.82, 2.24) is 15.3 Å². The van der Waals surface area contributed by atoms with Gasteiger partial charge in [0.05, 0.1) is 27.6 Å². The van der Waals surface area contributed by atoms with Gasteiger partial charge in [0.1, 0.15) is 5.60 Å². The number of nitrogens with one attached hydrogen (secondary N) is 1. The van der Waals surface area contributed by atoms with Crippen LogP contribution in [0.1, 0.15) is 49.4 Å². The highest BCUT2D eigenvalue weighted by Crippen LogP contribution is 2.32. The molecule has 4 aromatic rings. The number of aryl methyl sites for hydroxylation is 1. The lowest BCUT2D eigenvalue weighted by Crippen LogP contribution is -2.42. The van der Waals surface area contributed by atoms with Gasteiger partial charge in [0, 0.05) is 30.3 Å². The highest BCUT2D eigenvalue weighted by molar-refractivity contribution is 7.15. The summed E-state index contributed by atoms with van der Waals surface area (Å²) in [7, 11) is 0. The third-order valence-electron chi connectivity index (χ3n) is 5.86. The van der Waals surface area contributed by atoms with Crippen LogP contribution in [-0.4, -0.2) is 32.8 Å². The van der Waals surface area contributed by atoms with Crippen LogP contribution in [-0.2, 0) is 17.3 Å². The molecule has 2 atom stereocenters. The number of aliphatic hydroxyl groups excluding tert-OH is 1. The SMILES string of the molecule is CC(C)(C)OC(=O)NC(CCc1ncc(-c2ccc3cnc(F)cc3c2)s1)C(O)c1ccc(C(F)(F)F)cc1. The van der Waals surface area contributed by atoms with Crippen molar-refractivity contribution in [2.75, 3.05) is 0 Å². The zero-order valence-corrected chi connectivity index (χ0v) is 22.2. The van der Waals surface area contributed by atoms with E-state index in [0.717, 1.165) is 33.0 Å². The smallest absolute Gasteiger partial charge is 0.416 e. The molecule has 0 saturated heterocycles. The second-order valence-electron chi connectivity index (χ2n) is 10.0. The lowest BCUT2D eigenvalue weighted by atomic mass is 9.97. The number of halogens is 4. The summed E-state index contributed by atoms with van der Waals surface area (Å²) in [5, 5.41) is 15.9. The molecule has 6 nitrogen and oxygen atoms in total. The molecule has 0 fully saturated rings. The molecule has 2 aromatic carbocycles. The van der Waals surface area contributed by atoms with Gasteiger partial charge in [-0.05, 0) is 61.9 Å². The van der Waals surface area contributed by atoms with Gasteiger partial charge in [0.15, 0.2) is 0 Å². The van der Waals surface area contributed by atoms with E-state index in [-0.39, 0.29) is 12.0 Å². The predicted octanol–water partition coefficient (Wildman–Crippen LogP) is 7.08. The van der Waals surface area contributed by atoms with Crippen molar-refractivity contribution in [2.45, 2.75) is 57.5 Å². The Morgan fingerprint density at radius 3 is 2.41 bits per heavy atom. The maximum Gasteiger partial charge on any atom is 0.416 e. The number of alkyl halides is 3. The predicted molar refractivity (Wildman–Crippen MR) is 141 cm³/mol. The molecule has 2 unspecified atom stereocenters. The van der Waals surface area contributed by atoms with Crippen LogP contribution in [0.2, 0.25) is 0 Å². The summed E-state index contributed by atoms with van der Waals surface area (Å²) in [5.41, 5.74) is -0.540. The van der Waals surface area contributed by atoms with Gasteiger partial charge in [-0.2, -0.15) is 17.6 Å². The Labute approximate surface area is 226 Å². The van der Waals surface area contributed by atoms with E-state index >= 15 is 0 Å². The molecule has 206 valence electrons. The molecule has 2 N–H and O–H groups in total. The summed E-state index contributed by atoms with van der Waals surface area (Å²) in [6, 6.07) is 10.2. The van der Waals surface area contributed by atoms with E-state index in [9.17, 15) is 27.5 Å². The molecule has 0 aliphatic rings. The zero-order valence-electron chi connectivity index (χ0n) is 21.4. The number of rotatable bonds is 7. The number of alkyl carbamates (subject to hydrolysis) is 1. The van der Waals surface area contributed by atoms with Crippen LogP contribution in [0.5, 0.6) is 0 Å². The van der Waals surface area contributed by atoms with Gasteiger partial charge in [0.2, 0.25) is 5.95 Å². The van der Waals surface area contributed by atoms with E-state index in [4.69, 9.17) is 4.74 Å². The third-order valence-corrected chi connectivity index (χ3v) is 6.96. The summed E-state index contributed by atoms with van der Waals surface area (Å²) >= 11 is 1.41. The lowest BCUT2D eigenvalue weighted by molar-refractivity contribution is -0.137. The van der Waals surface area contributed by atoms with Crippen LogP contribution in [0.15, 0.2) is 60.9 Å². The number of ether oxygens (including phenoxy) is 1. The number of pyridine rings is 1. The number of fused-ring (bicyclic) bond motifs is 1. The molecule has 11 heteroatoms. The number of benzene rings is 2. The van der Waals surface area contributed by atoms with Crippen LogP contribution < -0.4 is 5.32 Å². The highest BCUT2D eigenvalue weighted by Gasteiger charge is 2.31. The number of amides is 1. The number of nitrogens with zero attached hydrogens (tertiary/aromatic N) is 2. The standard InChI is InChI=1S/C28H27F4N3O3S/c1-27(2,3)38-26(37)35-21(25(36)16-6-8-20(9-7-16)28(30,31)32)10-11-24-34-15-22(39-24)17-4-5-18-14-33-23(29)13-19(18)12-17/h4-9,12-15,21,25,36H,10-11H2,1-3H3,(H,35,37). The summed E-state index contributed by atoms with van der Waals surface area (Å²) in [6.07, 6.45) is -2.78. The van der Waals surface area contributed by atoms with Crippen molar-refractivity contribution in [2.24, 2.45) is 0 Å². The fourth-order valence-electron chi connectivity index (χ4n) is 3.98. The van der Waals surface area contributed by atoms with Crippen molar-refractivity contribution < 1.29 is 32.2 Å². The van der Waals surface area contributed by atoms with Crippen molar-refractivity contribution in [3.05, 3.63) is 83.0 Å². The number of thiazole rings is 1. The Balaban J connectivity index is 1.51. The van der Waals surface area contributed by atoms with Gasteiger partial charge in [-0.1, -0.05) is 24.3 Å². The van der Waals surface area contributed by atoms with E-state index < -0.39 is 41.5 Å². The molecular formula is C28H27F4N3O3S. The lowest BCUT2D eigenvalue weighted by Gasteiger charge is -2.27. The maximum atomic E-state index is 13.6. The molecule has 0 aliphatic heterocycles. The van der Waals surface area contributed by atoms with Crippen LogP contribution in [0.25, 0.3) is 21.2 Å². The normalized spacial score (nSPS) is 13.7. The largest absolute Gasteiger partial charge is 0.444 e. The maximum absolute atomic E-state index is 13.6. The van der Waals surface area contributed by atoms with Crippen LogP contribution in [0, 0.1) is 5.95 Å². The average molecular weight is 562 g/mol. The Hall–Kier alpha value is -3.57. The second-order valence-corrected chi connectivity index (χ2v) is 11.2. The number of hydrogen-bond acceptors (Lipinski definition) is 6. The van der Waals surface area contributed by atoms with Crippen LogP contribution in [0.4, 0.5) is 22.4 Å². The van der Waals surface area contributed by atoms with Crippen molar-refractivity contribution in [3.63, 3.8) is 0 Å². The first-order valence-electron chi connectivity index (χ1n) is 12.1. The Morgan fingerprint density at radius 2 is 1.74 bits per heavy atom. The van der Waals surface area contributed by atoms with Crippen LogP contribution >= 0.6 is 11.3 Å². The monoisotopic (exact) mass is 561 g/mol. The number of carbonyl (C=O) groups is 1. The van der Waals surface area contributed by atoms with E-state index in [1.165, 1.54) is 35.7 Å². The van der Waals surface area contributed by atoms with E-state index in [1.807, 2.05) is 18.2 Å². The molecule has 0 radical (unpaired) electrons. The molecule has 39 heavy (non-hydrogen) atoms. The fourth-order valence-corrected chi connectivity index (χ4v) is 4.90. The van der Waals surface area contributed by atoms with E-state index in [0.29, 0.717) is 11.8 Å². The summed E-state index contributed by atoms with van der Waals surface area (Å²) in [4.78, 5) is 21.4. The number of aliphatic hydroxyl groups is 1. The first-order valence-corrected chi connectivity index (χ1v) is 13.0. The minimum absolute atomic E-state index is 0.224. The molecule has 0 aliphatic carbocycles. The van der Waals surface area contributed by atoms with Gasteiger partial charge in [-0.15, -0.1) is 11.3 Å². The molecule has 4 rings (SSSR count). The number of carbonyl (C=O) groups excluding carboxylic acids is 1. The van der Waals surface area contributed by atoms with E-state index in [1.54, 1.807) is 27.0 Å². The second kappa shape index (κ2) is 11.3. The third kappa shape index (κ3) is 7.51. The minimum Gasteiger partial charge on any atom is -0.444 e. The summed E-state index contributed by atoms with van der Waals surface area (Å²) in [6.45, 7) is 5.09. The van der Waals surface area contributed by atoms with Crippen molar-refractivity contribution in [1.29, 1.82) is 0 Å². The molecule has 0 bridgehead atoms. The molecule has 0 spiro atoms. The molecule has 2 aromatic heterocycles. The topological polar surface area (TPSA) is 84.3 Å². The van der Waals surface area contributed by atoms with Gasteiger partial charge < -0.3 is 15.2 Å². The highest BCUT2D eigenvalue weighted by atomic mass is 32.1. The first kappa shape index (κ1) is 28.4. The number of aromatic nitrogens is 2. The Bertz CT molecular complexity index is 1450. The quantitative estimate of drug-likeness (QED) is 0.186. The fraction of sp³-hybridized carbons (Fsp3) is 0.321. The van der Waals surface area contributed by atoms with Crippen LogP contribution in [0.3, 0.4) is 0 Å². The van der Waals surface area contributed by atoms with Crippen molar-refractivity contribution in [3.8, 4) is 10.4 Å². The molecule has 2 heterocycles. The van der Waals surface area contributed by atoms with Crippen molar-refractivity contribution >= 4 is 28.2 Å². The minimum atomic E-state index is -4.50. The van der Waals surface area contributed by atoms with Gasteiger partial charge in [-0.3, -0.25) is 0 Å². The van der Waals surface area contributed by atoms with Gasteiger partial charge >= 0.3 is 12.3 Å². The summed E-state index contributed by atoms with van der Waals surface area (Å²) < 4.78 is 57.8. The zero-order chi connectivity index (χ0) is 28.4. The van der Waals surface area contributed by atoms with E-state index in [2.05, 4.69) is 15.3 Å². The number of hydrogen-bond donors (Lipinski definition) is 2. The summed E-state index contributed by atoms with van der Waals surface area (Å²) in [5.74, 6) is -0.570. The molecule has 1 amide bonds. The molecular weight excluding hydrogens is 534 g/mol. The average Bonchev–Trinajstić information content (AvgIpc) is 3.33. The Morgan fingerprint density at radius 1 is 1.03 bits per heavy atom. The molecule has 0 saturated carbocycles. The van der Waals surface area contributed by atoms with Gasteiger partial charge in [0.25, 0.3) is 0 Å². The first-order chi connectivity index (χ1) is 18.3. The van der Waals surface area contributed by atoms with Gasteiger partial charge in [-0.25, -0.2) is 14.8 Å².